The molecule has 0 saturated heterocycles. The topological polar surface area (TPSA) is 51.8 Å². The van der Waals surface area contributed by atoms with Gasteiger partial charge >= 0.3 is 0 Å². The summed E-state index contributed by atoms with van der Waals surface area (Å²) < 4.78 is 9.07. The Bertz CT molecular complexity index is 3100. The normalized spacial score (nSPS) is 13.2. The van der Waals surface area contributed by atoms with Crippen molar-refractivity contribution in [3.05, 3.63) is 163 Å². The average Bonchev–Trinajstić information content (AvgIpc) is 3.85. The first kappa shape index (κ1) is 30.2. The van der Waals surface area contributed by atoms with Crippen molar-refractivity contribution < 1.29 is 4.42 Å². The van der Waals surface area contributed by atoms with Crippen molar-refractivity contribution in [2.75, 3.05) is 0 Å². The van der Waals surface area contributed by atoms with E-state index < -0.39 is 0 Å². The fourth-order valence-corrected chi connectivity index (χ4v) is 9.52. The Labute approximate surface area is 310 Å². The first-order chi connectivity index (χ1) is 26.0. The molecule has 0 spiro atoms. The Morgan fingerprint density at radius 1 is 0.453 bits per heavy atom. The van der Waals surface area contributed by atoms with Gasteiger partial charge in [-0.3, -0.25) is 0 Å². The Balaban J connectivity index is 1.12. The molecule has 1 aliphatic rings. The summed E-state index contributed by atoms with van der Waals surface area (Å²) in [4.78, 5) is 15.7. The van der Waals surface area contributed by atoms with Crippen molar-refractivity contribution in [3.8, 4) is 56.4 Å². The Kier molecular flexibility index (Phi) is 6.43. The molecular weight excluding hydrogens is 667 g/mol. The number of nitrogens with zero attached hydrogens (tertiary/aromatic N) is 3. The molecule has 3 aromatic heterocycles. The second kappa shape index (κ2) is 11.3. The maximum Gasteiger partial charge on any atom is 0.165 e. The third-order valence-electron chi connectivity index (χ3n) is 11.0. The standard InChI is InChI=1S/C48H31N3OS/c1-48(2)39-20-8-6-14-32(39)33-24-22-29(26-40(33)48)45-49-46(51-47(50-45)38-19-11-18-37-35-15-7-9-21-42(35)53-44(37)38)30-23-25-34-36-17-10-16-31(28-12-4-3-5-13-28)43(36)52-41(34)27-30/h3-27H,1-2H3. The molecule has 0 aliphatic heterocycles. The molecule has 10 aromatic rings. The minimum Gasteiger partial charge on any atom is -0.455 e. The smallest absolute Gasteiger partial charge is 0.165 e. The number of fused-ring (bicyclic) bond motifs is 9. The van der Waals surface area contributed by atoms with Crippen LogP contribution in [0.1, 0.15) is 25.0 Å². The highest BCUT2D eigenvalue weighted by Crippen LogP contribution is 2.49. The molecule has 0 amide bonds. The number of rotatable bonds is 4. The Morgan fingerprint density at radius 2 is 1.09 bits per heavy atom. The van der Waals surface area contributed by atoms with E-state index in [9.17, 15) is 0 Å². The first-order valence-electron chi connectivity index (χ1n) is 17.9. The molecule has 0 saturated carbocycles. The summed E-state index contributed by atoms with van der Waals surface area (Å²) in [5, 5.41) is 4.60. The summed E-state index contributed by atoms with van der Waals surface area (Å²) in [6, 6.07) is 53.5. The van der Waals surface area contributed by atoms with Crippen LogP contribution in [0.4, 0.5) is 0 Å². The van der Waals surface area contributed by atoms with E-state index in [4.69, 9.17) is 19.4 Å². The highest BCUT2D eigenvalue weighted by Gasteiger charge is 2.35. The molecule has 0 radical (unpaired) electrons. The van der Waals surface area contributed by atoms with Crippen LogP contribution < -0.4 is 0 Å². The number of benzene rings is 7. The molecule has 0 atom stereocenters. The van der Waals surface area contributed by atoms with Crippen molar-refractivity contribution in [3.63, 3.8) is 0 Å². The zero-order valence-electron chi connectivity index (χ0n) is 29.1. The molecule has 11 rings (SSSR count). The minimum absolute atomic E-state index is 0.145. The van der Waals surface area contributed by atoms with Gasteiger partial charge in [-0.25, -0.2) is 15.0 Å². The lowest BCUT2D eigenvalue weighted by Gasteiger charge is -2.21. The van der Waals surface area contributed by atoms with E-state index in [2.05, 4.69) is 159 Å². The molecule has 3 heterocycles. The van der Waals surface area contributed by atoms with Crippen molar-refractivity contribution in [1.82, 2.24) is 15.0 Å². The molecule has 0 N–H and O–H groups in total. The van der Waals surface area contributed by atoms with Crippen LogP contribution in [0.3, 0.4) is 0 Å². The van der Waals surface area contributed by atoms with Crippen LogP contribution in [-0.4, -0.2) is 15.0 Å². The maximum absolute atomic E-state index is 6.66. The summed E-state index contributed by atoms with van der Waals surface area (Å²) in [5.41, 5.74) is 11.8. The molecule has 0 bridgehead atoms. The van der Waals surface area contributed by atoms with Gasteiger partial charge in [-0.2, -0.15) is 0 Å². The lowest BCUT2D eigenvalue weighted by Crippen LogP contribution is -2.15. The molecular formula is C48H31N3OS. The van der Waals surface area contributed by atoms with Gasteiger partial charge in [0.2, 0.25) is 0 Å². The minimum atomic E-state index is -0.145. The third-order valence-corrected chi connectivity index (χ3v) is 12.2. The molecule has 53 heavy (non-hydrogen) atoms. The SMILES string of the molecule is CC1(C)c2ccccc2-c2ccc(-c3nc(-c4ccc5c(c4)oc4c(-c6ccccc6)cccc45)nc(-c4cccc5c4sc4ccccc45)n3)cc21. The highest BCUT2D eigenvalue weighted by molar-refractivity contribution is 7.26. The predicted molar refractivity (Wildman–Crippen MR) is 219 cm³/mol. The van der Waals surface area contributed by atoms with Crippen molar-refractivity contribution in [2.45, 2.75) is 19.3 Å². The summed E-state index contributed by atoms with van der Waals surface area (Å²) in [5.74, 6) is 1.91. The van der Waals surface area contributed by atoms with Gasteiger partial charge < -0.3 is 4.42 Å². The zero-order chi connectivity index (χ0) is 35.3. The molecule has 1 aliphatic carbocycles. The van der Waals surface area contributed by atoms with E-state index >= 15 is 0 Å². The van der Waals surface area contributed by atoms with Gasteiger partial charge in [0.25, 0.3) is 0 Å². The molecule has 0 fully saturated rings. The fraction of sp³-hybridized carbons (Fsp3) is 0.0625. The summed E-state index contributed by atoms with van der Waals surface area (Å²) in [7, 11) is 0. The molecule has 5 heteroatoms. The summed E-state index contributed by atoms with van der Waals surface area (Å²) in [6.07, 6.45) is 0. The van der Waals surface area contributed by atoms with Gasteiger partial charge in [0, 0.05) is 58.6 Å². The highest BCUT2D eigenvalue weighted by atomic mass is 32.1. The van der Waals surface area contributed by atoms with Crippen LogP contribution in [0.5, 0.6) is 0 Å². The fourth-order valence-electron chi connectivity index (χ4n) is 8.30. The second-order valence-electron chi connectivity index (χ2n) is 14.4. The van der Waals surface area contributed by atoms with Gasteiger partial charge in [0.1, 0.15) is 11.2 Å². The van der Waals surface area contributed by atoms with E-state index in [0.29, 0.717) is 17.5 Å². The Morgan fingerprint density at radius 3 is 1.96 bits per heavy atom. The van der Waals surface area contributed by atoms with Crippen LogP contribution >= 0.6 is 11.3 Å². The summed E-state index contributed by atoms with van der Waals surface area (Å²) >= 11 is 1.78. The summed E-state index contributed by atoms with van der Waals surface area (Å²) in [6.45, 7) is 4.61. The zero-order valence-corrected chi connectivity index (χ0v) is 29.9. The Hall–Kier alpha value is -6.43. The monoisotopic (exact) mass is 697 g/mol. The van der Waals surface area contributed by atoms with Crippen LogP contribution in [0.15, 0.2) is 156 Å². The second-order valence-corrected chi connectivity index (χ2v) is 15.4. The predicted octanol–water partition coefficient (Wildman–Crippen LogP) is 13.1. The van der Waals surface area contributed by atoms with E-state index in [1.54, 1.807) is 11.3 Å². The van der Waals surface area contributed by atoms with Crippen LogP contribution in [0.25, 0.3) is 98.5 Å². The maximum atomic E-state index is 6.66. The quantitative estimate of drug-likeness (QED) is 0.184. The van der Waals surface area contributed by atoms with Crippen LogP contribution in [-0.2, 0) is 5.41 Å². The van der Waals surface area contributed by atoms with Gasteiger partial charge in [-0.05, 0) is 58.1 Å². The number of thiophene rings is 1. The van der Waals surface area contributed by atoms with Gasteiger partial charge in [0.05, 0.1) is 0 Å². The molecule has 7 aromatic carbocycles. The molecule has 0 unspecified atom stereocenters. The van der Waals surface area contributed by atoms with Gasteiger partial charge in [-0.15, -0.1) is 11.3 Å². The van der Waals surface area contributed by atoms with Gasteiger partial charge in [-0.1, -0.05) is 135 Å². The first-order valence-corrected chi connectivity index (χ1v) is 18.8. The van der Waals surface area contributed by atoms with E-state index in [0.717, 1.165) is 49.8 Å². The van der Waals surface area contributed by atoms with Gasteiger partial charge in [0.15, 0.2) is 17.5 Å². The molecule has 4 nitrogen and oxygen atoms in total. The van der Waals surface area contributed by atoms with Crippen molar-refractivity contribution >= 4 is 53.4 Å². The number of aromatic nitrogens is 3. The number of hydrogen-bond donors (Lipinski definition) is 0. The van der Waals surface area contributed by atoms with Crippen LogP contribution in [0.2, 0.25) is 0 Å². The number of hydrogen-bond acceptors (Lipinski definition) is 5. The van der Waals surface area contributed by atoms with E-state index in [-0.39, 0.29) is 5.41 Å². The number of para-hydroxylation sites is 1. The lowest BCUT2D eigenvalue weighted by molar-refractivity contribution is 0.660. The van der Waals surface area contributed by atoms with Crippen molar-refractivity contribution in [2.24, 2.45) is 0 Å². The molecule has 250 valence electrons. The van der Waals surface area contributed by atoms with Crippen LogP contribution in [0, 0.1) is 0 Å². The lowest BCUT2D eigenvalue weighted by atomic mass is 9.82. The van der Waals surface area contributed by atoms with E-state index in [1.165, 1.54) is 42.4 Å². The largest absolute Gasteiger partial charge is 0.455 e. The third kappa shape index (κ3) is 4.57. The van der Waals surface area contributed by atoms with Crippen molar-refractivity contribution in [1.29, 1.82) is 0 Å². The number of furan rings is 1. The average molecular weight is 698 g/mol. The van der Waals surface area contributed by atoms with E-state index in [1.807, 2.05) is 6.07 Å².